The molecule has 122 valence electrons. The molecule has 0 saturated heterocycles. The summed E-state index contributed by atoms with van der Waals surface area (Å²) < 4.78 is 18.6. The number of benzene rings is 1. The number of aliphatic carboxylic acids is 1. The first-order chi connectivity index (χ1) is 10.3. The first-order valence-corrected chi connectivity index (χ1v) is 6.74. The van der Waals surface area contributed by atoms with Crippen LogP contribution in [0.15, 0.2) is 18.2 Å². The van der Waals surface area contributed by atoms with Crippen LogP contribution in [-0.2, 0) is 9.59 Å². The fourth-order valence-electron chi connectivity index (χ4n) is 2.10. The van der Waals surface area contributed by atoms with Gasteiger partial charge in [0, 0.05) is 32.6 Å². The van der Waals surface area contributed by atoms with Crippen molar-refractivity contribution in [2.45, 2.75) is 12.5 Å². The van der Waals surface area contributed by atoms with Crippen molar-refractivity contribution in [2.24, 2.45) is 0 Å². The van der Waals surface area contributed by atoms with E-state index in [0.29, 0.717) is 5.75 Å². The van der Waals surface area contributed by atoms with Gasteiger partial charge < -0.3 is 14.7 Å². The number of hydrogen-bond donors (Lipinski definition) is 1. The number of hydrogen-bond acceptors (Lipinski definition) is 4. The Hall–Kier alpha value is -2.15. The molecule has 0 spiro atoms. The van der Waals surface area contributed by atoms with E-state index in [9.17, 15) is 19.1 Å². The van der Waals surface area contributed by atoms with Crippen molar-refractivity contribution in [3.63, 3.8) is 0 Å². The largest absolute Gasteiger partial charge is 0.496 e. The van der Waals surface area contributed by atoms with Crippen molar-refractivity contribution in [2.75, 3.05) is 34.8 Å². The van der Waals surface area contributed by atoms with E-state index in [0.717, 1.165) is 6.07 Å². The molecular weight excluding hydrogens is 291 g/mol. The summed E-state index contributed by atoms with van der Waals surface area (Å²) in [5.74, 6) is -1.50. The standard InChI is InChI=1S/C15H21FN2O4/c1-17(2)13(19)7-8-18(3)14(15(20)21)11-9-10(16)5-6-12(11)22-4/h5-6,9,14H,7-8H2,1-4H3,(H,20,21). The number of carboxylic acids is 1. The van der Waals surface area contributed by atoms with Crippen molar-refractivity contribution in [3.05, 3.63) is 29.6 Å². The smallest absolute Gasteiger partial charge is 0.325 e. The quantitative estimate of drug-likeness (QED) is 0.823. The van der Waals surface area contributed by atoms with E-state index >= 15 is 0 Å². The van der Waals surface area contributed by atoms with Crippen LogP contribution in [0.5, 0.6) is 5.75 Å². The second-order valence-electron chi connectivity index (χ2n) is 5.15. The van der Waals surface area contributed by atoms with E-state index in [2.05, 4.69) is 0 Å². The summed E-state index contributed by atoms with van der Waals surface area (Å²) >= 11 is 0. The first kappa shape index (κ1) is 17.9. The molecule has 0 fully saturated rings. The van der Waals surface area contributed by atoms with Crippen LogP contribution in [0.1, 0.15) is 18.0 Å². The molecule has 0 aliphatic heterocycles. The predicted molar refractivity (Wildman–Crippen MR) is 79.3 cm³/mol. The summed E-state index contributed by atoms with van der Waals surface area (Å²) in [6, 6.07) is 2.64. The van der Waals surface area contributed by atoms with Gasteiger partial charge in [-0.15, -0.1) is 0 Å². The molecule has 1 atom stereocenters. The highest BCUT2D eigenvalue weighted by molar-refractivity contribution is 5.77. The lowest BCUT2D eigenvalue weighted by molar-refractivity contribution is -0.143. The number of amides is 1. The van der Waals surface area contributed by atoms with Crippen LogP contribution < -0.4 is 4.74 Å². The number of methoxy groups -OCH3 is 1. The Morgan fingerprint density at radius 3 is 2.45 bits per heavy atom. The maximum absolute atomic E-state index is 13.5. The second-order valence-corrected chi connectivity index (χ2v) is 5.15. The summed E-state index contributed by atoms with van der Waals surface area (Å²) in [6.07, 6.45) is 0.172. The van der Waals surface area contributed by atoms with Gasteiger partial charge in [0.05, 0.1) is 7.11 Å². The fraction of sp³-hybridized carbons (Fsp3) is 0.467. The third-order valence-electron chi connectivity index (χ3n) is 3.34. The number of ether oxygens (including phenoxy) is 1. The number of nitrogens with zero attached hydrogens (tertiary/aromatic N) is 2. The molecule has 0 aliphatic rings. The van der Waals surface area contributed by atoms with E-state index in [4.69, 9.17) is 4.74 Å². The number of carbonyl (C=O) groups is 2. The molecule has 0 aromatic heterocycles. The molecule has 0 bridgehead atoms. The molecule has 1 aromatic carbocycles. The maximum atomic E-state index is 13.5. The number of rotatable bonds is 7. The van der Waals surface area contributed by atoms with E-state index in [1.807, 2.05) is 0 Å². The molecule has 7 heteroatoms. The van der Waals surface area contributed by atoms with Gasteiger partial charge in [0.25, 0.3) is 0 Å². The van der Waals surface area contributed by atoms with E-state index in [1.165, 1.54) is 29.0 Å². The van der Waals surface area contributed by atoms with Crippen molar-refractivity contribution in [1.82, 2.24) is 9.80 Å². The highest BCUT2D eigenvalue weighted by Crippen LogP contribution is 2.30. The Bertz CT molecular complexity index is 548. The van der Waals surface area contributed by atoms with Gasteiger partial charge in [-0.05, 0) is 25.2 Å². The molecule has 1 unspecified atom stereocenters. The average Bonchev–Trinajstić information content (AvgIpc) is 2.44. The van der Waals surface area contributed by atoms with E-state index < -0.39 is 17.8 Å². The monoisotopic (exact) mass is 312 g/mol. The molecule has 22 heavy (non-hydrogen) atoms. The van der Waals surface area contributed by atoms with Crippen LogP contribution in [0.3, 0.4) is 0 Å². The Morgan fingerprint density at radius 2 is 1.95 bits per heavy atom. The highest BCUT2D eigenvalue weighted by Gasteiger charge is 2.28. The maximum Gasteiger partial charge on any atom is 0.325 e. The van der Waals surface area contributed by atoms with Gasteiger partial charge in [0.2, 0.25) is 5.91 Å². The van der Waals surface area contributed by atoms with Gasteiger partial charge in [0.15, 0.2) is 0 Å². The average molecular weight is 312 g/mol. The minimum absolute atomic E-state index is 0.109. The molecular formula is C15H21FN2O4. The van der Waals surface area contributed by atoms with Crippen LogP contribution in [0, 0.1) is 5.82 Å². The number of halogens is 1. The Morgan fingerprint density at radius 1 is 1.32 bits per heavy atom. The number of carboxylic acid groups (broad SMARTS) is 1. The minimum atomic E-state index is -1.14. The first-order valence-electron chi connectivity index (χ1n) is 6.74. The molecule has 1 amide bonds. The van der Waals surface area contributed by atoms with Gasteiger partial charge >= 0.3 is 5.97 Å². The summed E-state index contributed by atoms with van der Waals surface area (Å²) in [6.45, 7) is 0.230. The van der Waals surface area contributed by atoms with Gasteiger partial charge in [-0.2, -0.15) is 0 Å². The van der Waals surface area contributed by atoms with Crippen molar-refractivity contribution in [3.8, 4) is 5.75 Å². The minimum Gasteiger partial charge on any atom is -0.496 e. The highest BCUT2D eigenvalue weighted by atomic mass is 19.1. The van der Waals surface area contributed by atoms with E-state index in [1.54, 1.807) is 21.1 Å². The van der Waals surface area contributed by atoms with Gasteiger partial charge in [-0.25, -0.2) is 4.39 Å². The lowest BCUT2D eigenvalue weighted by Crippen LogP contribution is -2.34. The molecule has 0 aliphatic carbocycles. The normalized spacial score (nSPS) is 12.1. The Labute approximate surface area is 129 Å². The van der Waals surface area contributed by atoms with Gasteiger partial charge in [0.1, 0.15) is 17.6 Å². The van der Waals surface area contributed by atoms with Crippen LogP contribution in [-0.4, -0.2) is 61.6 Å². The van der Waals surface area contributed by atoms with Crippen LogP contribution in [0.25, 0.3) is 0 Å². The van der Waals surface area contributed by atoms with Gasteiger partial charge in [-0.3, -0.25) is 14.5 Å². The summed E-state index contributed by atoms with van der Waals surface area (Å²) in [5, 5.41) is 9.47. The Kier molecular flexibility index (Phi) is 6.30. The van der Waals surface area contributed by atoms with Crippen LogP contribution >= 0.6 is 0 Å². The van der Waals surface area contributed by atoms with Crippen LogP contribution in [0.4, 0.5) is 4.39 Å². The summed E-state index contributed by atoms with van der Waals surface area (Å²) in [4.78, 5) is 26.1. The third kappa shape index (κ3) is 4.42. The molecule has 1 N–H and O–H groups in total. The zero-order chi connectivity index (χ0) is 16.9. The molecule has 6 nitrogen and oxygen atoms in total. The Balaban J connectivity index is 3.01. The molecule has 0 saturated carbocycles. The van der Waals surface area contributed by atoms with Crippen molar-refractivity contribution >= 4 is 11.9 Å². The zero-order valence-corrected chi connectivity index (χ0v) is 13.2. The van der Waals surface area contributed by atoms with Crippen molar-refractivity contribution in [1.29, 1.82) is 0 Å². The summed E-state index contributed by atoms with van der Waals surface area (Å²) in [7, 11) is 6.23. The van der Waals surface area contributed by atoms with E-state index in [-0.39, 0.29) is 24.4 Å². The number of carbonyl (C=O) groups excluding carboxylic acids is 1. The third-order valence-corrected chi connectivity index (χ3v) is 3.34. The zero-order valence-electron chi connectivity index (χ0n) is 13.2. The second kappa shape index (κ2) is 7.74. The SMILES string of the molecule is COc1ccc(F)cc1C(C(=O)O)N(C)CCC(=O)N(C)C. The number of likely N-dealkylation sites (N-methyl/N-ethyl adjacent to an activating group) is 1. The summed E-state index contributed by atoms with van der Waals surface area (Å²) in [5.41, 5.74) is 0.217. The lowest BCUT2D eigenvalue weighted by atomic mass is 10.0. The molecule has 1 rings (SSSR count). The fourth-order valence-corrected chi connectivity index (χ4v) is 2.10. The van der Waals surface area contributed by atoms with Crippen molar-refractivity contribution < 1.29 is 23.8 Å². The van der Waals surface area contributed by atoms with Gasteiger partial charge in [-0.1, -0.05) is 0 Å². The molecule has 0 heterocycles. The molecule has 1 aromatic rings. The topological polar surface area (TPSA) is 70.1 Å². The van der Waals surface area contributed by atoms with Crippen LogP contribution in [0.2, 0.25) is 0 Å². The lowest BCUT2D eigenvalue weighted by Gasteiger charge is -2.26. The predicted octanol–water partition coefficient (Wildman–Crippen LogP) is 1.37. The molecule has 0 radical (unpaired) electrons.